The van der Waals surface area contributed by atoms with Gasteiger partial charge in [-0.25, -0.2) is 18.1 Å². The molecule has 0 unspecified atom stereocenters. The van der Waals surface area contributed by atoms with Crippen LogP contribution in [0.5, 0.6) is 0 Å². The van der Waals surface area contributed by atoms with Crippen molar-refractivity contribution in [3.8, 4) is 0 Å². The van der Waals surface area contributed by atoms with Crippen LogP contribution in [0.3, 0.4) is 0 Å². The third-order valence-electron chi connectivity index (χ3n) is 2.59. The molecule has 0 aliphatic carbocycles. The van der Waals surface area contributed by atoms with E-state index >= 15 is 0 Å². The van der Waals surface area contributed by atoms with Crippen molar-refractivity contribution in [3.05, 3.63) is 36.4 Å². The fourth-order valence-electron chi connectivity index (χ4n) is 1.76. The van der Waals surface area contributed by atoms with Crippen LogP contribution in [-0.4, -0.2) is 30.0 Å². The lowest BCUT2D eigenvalue weighted by molar-refractivity contribution is -0.115. The van der Waals surface area contributed by atoms with E-state index in [4.69, 9.17) is 0 Å². The Labute approximate surface area is 134 Å². The molecular weight excluding hydrogens is 320 g/mol. The van der Waals surface area contributed by atoms with Crippen LogP contribution >= 0.6 is 0 Å². The topological polar surface area (TPSA) is 114 Å². The summed E-state index contributed by atoms with van der Waals surface area (Å²) >= 11 is 0. The number of pyridine rings is 1. The number of aromatic nitrogens is 2. The zero-order valence-electron chi connectivity index (χ0n) is 13.0. The SMILES string of the molecule is CC(C)(C)NS(=O)(=O)c1ccc(NC(=O)Cc2ccon2)nc1. The Morgan fingerprint density at radius 1 is 1.26 bits per heavy atom. The van der Waals surface area contributed by atoms with Crippen LogP contribution in [0.25, 0.3) is 0 Å². The summed E-state index contributed by atoms with van der Waals surface area (Å²) in [4.78, 5) is 15.8. The van der Waals surface area contributed by atoms with E-state index in [1.807, 2.05) is 0 Å². The van der Waals surface area contributed by atoms with Gasteiger partial charge in [0.2, 0.25) is 15.9 Å². The van der Waals surface area contributed by atoms with Gasteiger partial charge in [0.05, 0.1) is 12.1 Å². The lowest BCUT2D eigenvalue weighted by Gasteiger charge is -2.20. The number of rotatable bonds is 5. The molecule has 0 saturated carbocycles. The summed E-state index contributed by atoms with van der Waals surface area (Å²) in [7, 11) is -3.65. The zero-order chi connectivity index (χ0) is 17.1. The first-order chi connectivity index (χ1) is 10.7. The number of hydrogen-bond acceptors (Lipinski definition) is 6. The van der Waals surface area contributed by atoms with E-state index in [1.54, 1.807) is 26.8 Å². The fourth-order valence-corrected chi connectivity index (χ4v) is 3.12. The molecule has 124 valence electrons. The van der Waals surface area contributed by atoms with Crippen LogP contribution in [-0.2, 0) is 21.2 Å². The summed E-state index contributed by atoms with van der Waals surface area (Å²) in [5.41, 5.74) is -0.0976. The number of nitrogens with one attached hydrogen (secondary N) is 2. The van der Waals surface area contributed by atoms with Crippen molar-refractivity contribution in [1.82, 2.24) is 14.9 Å². The molecule has 23 heavy (non-hydrogen) atoms. The molecule has 0 aromatic carbocycles. The number of carbonyl (C=O) groups is 1. The van der Waals surface area contributed by atoms with Gasteiger partial charge in [0.25, 0.3) is 0 Å². The Morgan fingerprint density at radius 2 is 2.00 bits per heavy atom. The van der Waals surface area contributed by atoms with Gasteiger partial charge in [-0.3, -0.25) is 4.79 Å². The molecule has 9 heteroatoms. The molecule has 0 bridgehead atoms. The fraction of sp³-hybridized carbons (Fsp3) is 0.357. The molecule has 0 saturated heterocycles. The van der Waals surface area contributed by atoms with Crippen LogP contribution in [0.1, 0.15) is 26.5 Å². The summed E-state index contributed by atoms with van der Waals surface area (Å²) in [5, 5.41) is 6.19. The molecule has 2 rings (SSSR count). The molecule has 0 spiro atoms. The predicted octanol–water partition coefficient (Wildman–Crippen LogP) is 1.33. The number of amides is 1. The van der Waals surface area contributed by atoms with Crippen LogP contribution in [0, 0.1) is 0 Å². The number of carbonyl (C=O) groups excluding carboxylic acids is 1. The largest absolute Gasteiger partial charge is 0.364 e. The van der Waals surface area contributed by atoms with E-state index in [2.05, 4.69) is 24.7 Å². The number of sulfonamides is 1. The maximum Gasteiger partial charge on any atom is 0.242 e. The Balaban J connectivity index is 2.03. The van der Waals surface area contributed by atoms with Gasteiger partial charge in [-0.15, -0.1) is 0 Å². The van der Waals surface area contributed by atoms with Gasteiger partial charge in [0, 0.05) is 17.8 Å². The van der Waals surface area contributed by atoms with Crippen molar-refractivity contribution in [2.24, 2.45) is 0 Å². The minimum atomic E-state index is -3.65. The van der Waals surface area contributed by atoms with Gasteiger partial charge in [-0.05, 0) is 32.9 Å². The van der Waals surface area contributed by atoms with E-state index in [0.717, 1.165) is 0 Å². The smallest absolute Gasteiger partial charge is 0.242 e. The first-order valence-corrected chi connectivity index (χ1v) is 8.33. The highest BCUT2D eigenvalue weighted by Crippen LogP contribution is 2.14. The molecule has 0 atom stereocenters. The molecule has 0 fully saturated rings. The van der Waals surface area contributed by atoms with E-state index in [1.165, 1.54) is 24.6 Å². The second-order valence-electron chi connectivity index (χ2n) is 5.95. The van der Waals surface area contributed by atoms with Crippen molar-refractivity contribution in [3.63, 3.8) is 0 Å². The number of nitrogens with zero attached hydrogens (tertiary/aromatic N) is 2. The normalized spacial score (nSPS) is 12.1. The molecule has 2 aromatic rings. The second kappa shape index (κ2) is 6.47. The third kappa shape index (κ3) is 5.15. The minimum absolute atomic E-state index is 0.0296. The second-order valence-corrected chi connectivity index (χ2v) is 7.63. The Bertz CT molecular complexity index is 762. The van der Waals surface area contributed by atoms with Crippen molar-refractivity contribution < 1.29 is 17.7 Å². The standard InChI is InChI=1S/C14H18N4O4S/c1-14(2,3)18-23(20,21)11-4-5-12(15-9-11)16-13(19)8-10-6-7-22-17-10/h4-7,9,18H,8H2,1-3H3,(H,15,16,19). The molecular formula is C14H18N4O4S. The van der Waals surface area contributed by atoms with Gasteiger partial charge in [0.1, 0.15) is 17.0 Å². The lowest BCUT2D eigenvalue weighted by Crippen LogP contribution is -2.40. The van der Waals surface area contributed by atoms with Gasteiger partial charge < -0.3 is 9.84 Å². The molecule has 1 amide bonds. The molecule has 2 aromatic heterocycles. The van der Waals surface area contributed by atoms with Crippen LogP contribution in [0.2, 0.25) is 0 Å². The summed E-state index contributed by atoms with van der Waals surface area (Å²) in [6, 6.07) is 4.39. The molecule has 0 radical (unpaired) electrons. The predicted molar refractivity (Wildman–Crippen MR) is 83.1 cm³/mol. The molecule has 8 nitrogen and oxygen atoms in total. The van der Waals surface area contributed by atoms with Crippen molar-refractivity contribution in [2.75, 3.05) is 5.32 Å². The summed E-state index contributed by atoms with van der Waals surface area (Å²) < 4.78 is 31.4. The first-order valence-electron chi connectivity index (χ1n) is 6.85. The quantitative estimate of drug-likeness (QED) is 0.850. The Kier molecular flexibility index (Phi) is 4.81. The van der Waals surface area contributed by atoms with E-state index in [0.29, 0.717) is 5.69 Å². The lowest BCUT2D eigenvalue weighted by atomic mass is 10.1. The zero-order valence-corrected chi connectivity index (χ0v) is 13.8. The van der Waals surface area contributed by atoms with Gasteiger partial charge in [0.15, 0.2) is 0 Å². The van der Waals surface area contributed by atoms with Crippen LogP contribution in [0.15, 0.2) is 40.1 Å². The molecule has 2 N–H and O–H groups in total. The third-order valence-corrected chi connectivity index (χ3v) is 4.33. The van der Waals surface area contributed by atoms with Crippen molar-refractivity contribution in [1.29, 1.82) is 0 Å². The highest BCUT2D eigenvalue weighted by Gasteiger charge is 2.22. The van der Waals surface area contributed by atoms with Gasteiger partial charge in [-0.1, -0.05) is 5.16 Å². The maximum absolute atomic E-state index is 12.1. The Morgan fingerprint density at radius 3 is 2.52 bits per heavy atom. The van der Waals surface area contributed by atoms with Crippen molar-refractivity contribution >= 4 is 21.7 Å². The summed E-state index contributed by atoms with van der Waals surface area (Å²) in [6.07, 6.45) is 2.62. The maximum atomic E-state index is 12.1. The number of anilines is 1. The van der Waals surface area contributed by atoms with Gasteiger partial charge in [-0.2, -0.15) is 0 Å². The summed E-state index contributed by atoms with van der Waals surface area (Å²) in [5.74, 6) is -0.0666. The first kappa shape index (κ1) is 17.1. The van der Waals surface area contributed by atoms with E-state index < -0.39 is 15.6 Å². The highest BCUT2D eigenvalue weighted by molar-refractivity contribution is 7.89. The average Bonchev–Trinajstić information content (AvgIpc) is 2.89. The van der Waals surface area contributed by atoms with Gasteiger partial charge >= 0.3 is 0 Å². The van der Waals surface area contributed by atoms with Crippen molar-refractivity contribution in [2.45, 2.75) is 37.6 Å². The van der Waals surface area contributed by atoms with E-state index in [-0.39, 0.29) is 23.0 Å². The highest BCUT2D eigenvalue weighted by atomic mass is 32.2. The summed E-state index contributed by atoms with van der Waals surface area (Å²) in [6.45, 7) is 5.24. The molecule has 0 aliphatic rings. The minimum Gasteiger partial charge on any atom is -0.364 e. The monoisotopic (exact) mass is 338 g/mol. The molecule has 2 heterocycles. The van der Waals surface area contributed by atoms with E-state index in [9.17, 15) is 13.2 Å². The van der Waals surface area contributed by atoms with Crippen LogP contribution < -0.4 is 10.0 Å². The molecule has 0 aliphatic heterocycles. The van der Waals surface area contributed by atoms with Crippen LogP contribution in [0.4, 0.5) is 5.82 Å². The average molecular weight is 338 g/mol. The number of hydrogen-bond donors (Lipinski definition) is 2. The Hall–Kier alpha value is -2.26.